The van der Waals surface area contributed by atoms with Crippen LogP contribution in [-0.2, 0) is 10.0 Å². The van der Waals surface area contributed by atoms with Gasteiger partial charge in [0.05, 0.1) is 11.8 Å². The fourth-order valence-corrected chi connectivity index (χ4v) is 2.26. The Hall–Kier alpha value is -0.770. The van der Waals surface area contributed by atoms with Crippen molar-refractivity contribution in [3.05, 3.63) is 27.7 Å². The lowest BCUT2D eigenvalue weighted by atomic mass is 10.3. The summed E-state index contributed by atoms with van der Waals surface area (Å²) in [5.74, 6) is -0.591. The number of hydrogen-bond acceptors (Lipinski definition) is 3. The zero-order valence-electron chi connectivity index (χ0n) is 7.37. The molecule has 1 rings (SSSR count). The van der Waals surface area contributed by atoms with Crippen LogP contribution < -0.4 is 4.72 Å². The Kier molecular flexibility index (Phi) is 3.97. The lowest BCUT2D eigenvalue weighted by Gasteiger charge is -2.07. The number of nitrogens with zero attached hydrogens (tertiary/aromatic N) is 1. The first-order valence-electron chi connectivity index (χ1n) is 3.77. The van der Waals surface area contributed by atoms with Crippen LogP contribution in [-0.4, -0.2) is 14.2 Å². The van der Waals surface area contributed by atoms with Crippen molar-refractivity contribution in [1.82, 2.24) is 0 Å². The number of hydrogen-bond donors (Lipinski definition) is 1. The van der Waals surface area contributed by atoms with Crippen LogP contribution in [0.5, 0.6) is 0 Å². The molecule has 1 aromatic rings. The molecule has 0 fully saturated rings. The summed E-state index contributed by atoms with van der Waals surface area (Å²) in [6.45, 7) is 0. The van der Waals surface area contributed by atoms with E-state index >= 15 is 0 Å². The van der Waals surface area contributed by atoms with Crippen LogP contribution in [0.4, 0.5) is 5.69 Å². The van der Waals surface area contributed by atoms with Gasteiger partial charge in [0.25, 0.3) is 0 Å². The molecule has 0 radical (unpaired) electrons. The maximum atomic E-state index is 11.3. The van der Waals surface area contributed by atoms with Gasteiger partial charge in [-0.05, 0) is 34.1 Å². The molecule has 0 saturated heterocycles. The Labute approximate surface area is 101 Å². The first kappa shape index (κ1) is 12.3. The van der Waals surface area contributed by atoms with E-state index in [1.165, 1.54) is 6.07 Å². The minimum atomic E-state index is -3.62. The lowest BCUT2D eigenvalue weighted by molar-refractivity contribution is 0.604. The summed E-state index contributed by atoms with van der Waals surface area (Å²) in [7, 11) is -3.62. The molecule has 0 bridgehead atoms. The number of anilines is 1. The van der Waals surface area contributed by atoms with E-state index in [1.54, 1.807) is 18.2 Å². The fourth-order valence-electron chi connectivity index (χ4n) is 0.864. The third-order valence-electron chi connectivity index (χ3n) is 1.45. The maximum absolute atomic E-state index is 11.3. The number of rotatable bonds is 3. The van der Waals surface area contributed by atoms with Crippen molar-refractivity contribution in [2.24, 2.45) is 0 Å². The van der Waals surface area contributed by atoms with Gasteiger partial charge < -0.3 is 0 Å². The average molecular weight is 310 g/mol. The third-order valence-corrected chi connectivity index (χ3v) is 3.42. The van der Waals surface area contributed by atoms with E-state index in [0.29, 0.717) is 15.2 Å². The summed E-state index contributed by atoms with van der Waals surface area (Å²) in [4.78, 5) is 0. The Morgan fingerprint density at radius 3 is 2.80 bits per heavy atom. The second-order valence-corrected chi connectivity index (χ2v) is 5.66. The van der Waals surface area contributed by atoms with Crippen LogP contribution in [0.3, 0.4) is 0 Å². The number of halogens is 2. The van der Waals surface area contributed by atoms with Crippen LogP contribution >= 0.6 is 27.5 Å². The molecule has 0 heterocycles. The molecule has 0 aliphatic heterocycles. The molecule has 1 N–H and O–H groups in total. The summed E-state index contributed by atoms with van der Waals surface area (Å²) >= 11 is 8.87. The van der Waals surface area contributed by atoms with E-state index in [1.807, 2.05) is 0 Å². The van der Waals surface area contributed by atoms with Crippen molar-refractivity contribution in [3.63, 3.8) is 0 Å². The first-order chi connectivity index (χ1) is 6.94. The smallest absolute Gasteiger partial charge is 0.246 e. The van der Waals surface area contributed by atoms with Gasteiger partial charge in [0.1, 0.15) is 0 Å². The SMILES string of the molecule is N#CCS(=O)(=O)Nc1cc(Cl)ccc1Br. The summed E-state index contributed by atoms with van der Waals surface area (Å²) in [5.41, 5.74) is 0.317. The molecule has 0 unspecified atom stereocenters. The van der Waals surface area contributed by atoms with Crippen molar-refractivity contribution in [1.29, 1.82) is 5.26 Å². The number of sulfonamides is 1. The normalized spacial score (nSPS) is 10.7. The van der Waals surface area contributed by atoms with Crippen molar-refractivity contribution in [2.45, 2.75) is 0 Å². The first-order valence-corrected chi connectivity index (χ1v) is 6.59. The zero-order valence-corrected chi connectivity index (χ0v) is 10.5. The van der Waals surface area contributed by atoms with E-state index in [4.69, 9.17) is 16.9 Å². The van der Waals surface area contributed by atoms with Gasteiger partial charge in [0.15, 0.2) is 5.75 Å². The molecule has 0 aliphatic carbocycles. The van der Waals surface area contributed by atoms with Gasteiger partial charge in [0.2, 0.25) is 10.0 Å². The van der Waals surface area contributed by atoms with Crippen LogP contribution in [0, 0.1) is 11.3 Å². The van der Waals surface area contributed by atoms with Crippen molar-refractivity contribution in [3.8, 4) is 6.07 Å². The second-order valence-electron chi connectivity index (χ2n) is 2.64. The Balaban J connectivity index is 3.00. The van der Waals surface area contributed by atoms with Crippen molar-refractivity contribution >= 4 is 43.2 Å². The lowest BCUT2D eigenvalue weighted by Crippen LogP contribution is -2.15. The molecule has 1 aromatic carbocycles. The van der Waals surface area contributed by atoms with E-state index < -0.39 is 15.8 Å². The molecule has 7 heteroatoms. The van der Waals surface area contributed by atoms with Gasteiger partial charge in [-0.15, -0.1) is 0 Å². The summed E-state index contributed by atoms with van der Waals surface area (Å²) < 4.78 is 25.3. The van der Waals surface area contributed by atoms with E-state index in [2.05, 4.69) is 20.7 Å². The average Bonchev–Trinajstić information content (AvgIpc) is 2.10. The predicted molar refractivity (Wildman–Crippen MR) is 62.2 cm³/mol. The summed E-state index contributed by atoms with van der Waals surface area (Å²) in [6.07, 6.45) is 0. The zero-order chi connectivity index (χ0) is 11.5. The molecule has 0 aliphatic rings. The third kappa shape index (κ3) is 3.70. The highest BCUT2D eigenvalue weighted by Crippen LogP contribution is 2.26. The Morgan fingerprint density at radius 1 is 1.53 bits per heavy atom. The highest BCUT2D eigenvalue weighted by Gasteiger charge is 2.11. The highest BCUT2D eigenvalue weighted by atomic mass is 79.9. The van der Waals surface area contributed by atoms with Gasteiger partial charge in [0, 0.05) is 9.50 Å². The quantitative estimate of drug-likeness (QED) is 0.932. The molecule has 80 valence electrons. The van der Waals surface area contributed by atoms with Gasteiger partial charge in [-0.2, -0.15) is 5.26 Å². The molecular weight excluding hydrogens is 304 g/mol. The van der Waals surface area contributed by atoms with Crippen molar-refractivity contribution in [2.75, 3.05) is 10.5 Å². The van der Waals surface area contributed by atoms with Crippen LogP contribution in [0.2, 0.25) is 5.02 Å². The molecular formula is C8H6BrClN2O2S. The second kappa shape index (κ2) is 4.84. The molecule has 4 nitrogen and oxygen atoms in total. The molecule has 0 amide bonds. The number of benzene rings is 1. The minimum absolute atomic E-state index is 0.317. The van der Waals surface area contributed by atoms with Gasteiger partial charge in [-0.1, -0.05) is 11.6 Å². The van der Waals surface area contributed by atoms with Gasteiger partial charge in [-0.25, -0.2) is 8.42 Å². The van der Waals surface area contributed by atoms with Crippen LogP contribution in [0.1, 0.15) is 0 Å². The molecule has 0 aromatic heterocycles. The molecule has 0 atom stereocenters. The Bertz CT molecular complexity index is 510. The summed E-state index contributed by atoms with van der Waals surface area (Å²) in [6, 6.07) is 6.26. The molecule has 0 spiro atoms. The summed E-state index contributed by atoms with van der Waals surface area (Å²) in [5, 5.41) is 8.71. The molecule has 15 heavy (non-hydrogen) atoms. The largest absolute Gasteiger partial charge is 0.281 e. The Morgan fingerprint density at radius 2 is 2.20 bits per heavy atom. The minimum Gasteiger partial charge on any atom is -0.281 e. The number of nitriles is 1. The van der Waals surface area contributed by atoms with Crippen LogP contribution in [0.15, 0.2) is 22.7 Å². The van der Waals surface area contributed by atoms with Gasteiger partial charge in [-0.3, -0.25) is 4.72 Å². The van der Waals surface area contributed by atoms with E-state index in [0.717, 1.165) is 0 Å². The maximum Gasteiger partial charge on any atom is 0.246 e. The monoisotopic (exact) mass is 308 g/mol. The molecule has 0 saturated carbocycles. The van der Waals surface area contributed by atoms with Crippen LogP contribution in [0.25, 0.3) is 0 Å². The van der Waals surface area contributed by atoms with Crippen molar-refractivity contribution < 1.29 is 8.42 Å². The topological polar surface area (TPSA) is 70.0 Å². The fraction of sp³-hybridized carbons (Fsp3) is 0.125. The number of nitrogens with one attached hydrogen (secondary N) is 1. The van der Waals surface area contributed by atoms with Gasteiger partial charge >= 0.3 is 0 Å². The standard InChI is InChI=1S/C8H6BrClN2O2S/c9-7-2-1-6(10)5-8(7)12-15(13,14)4-3-11/h1-2,5,12H,4H2. The highest BCUT2D eigenvalue weighted by molar-refractivity contribution is 9.10. The van der Waals surface area contributed by atoms with E-state index in [-0.39, 0.29) is 0 Å². The predicted octanol–water partition coefficient (Wildman–Crippen LogP) is 2.37. The van der Waals surface area contributed by atoms with E-state index in [9.17, 15) is 8.42 Å².